The fraction of sp³-hybridized carbons (Fsp3) is 0.588. The first kappa shape index (κ1) is 14.8. The van der Waals surface area contributed by atoms with Crippen molar-refractivity contribution >= 4 is 5.69 Å². The highest BCUT2D eigenvalue weighted by molar-refractivity contribution is 5.50. The van der Waals surface area contributed by atoms with Gasteiger partial charge < -0.3 is 5.32 Å². The van der Waals surface area contributed by atoms with Gasteiger partial charge in [0.05, 0.1) is 6.07 Å². The molecule has 0 radical (unpaired) electrons. The fourth-order valence-electron chi connectivity index (χ4n) is 3.02. The maximum atomic E-state index is 13.5. The largest absolute Gasteiger partial charge is 0.367 e. The summed E-state index contributed by atoms with van der Waals surface area (Å²) in [6.45, 7) is 6.38. The van der Waals surface area contributed by atoms with E-state index in [2.05, 4.69) is 25.2 Å². The molecule has 1 aromatic carbocycles. The standard InChI is InChI=1S/C17H23FN2/c1-13-9-14(18)11-15(10-13)20-17(12-19)6-4-5-16(2,3)7-8-17/h9-11,20H,4-8H2,1-3H3. The molecule has 2 rings (SSSR count). The van der Waals surface area contributed by atoms with Gasteiger partial charge >= 0.3 is 0 Å². The summed E-state index contributed by atoms with van der Waals surface area (Å²) in [5.41, 5.74) is 1.31. The van der Waals surface area contributed by atoms with Crippen LogP contribution in [-0.2, 0) is 0 Å². The normalized spacial score (nSPS) is 25.6. The van der Waals surface area contributed by atoms with Crippen LogP contribution >= 0.6 is 0 Å². The van der Waals surface area contributed by atoms with Gasteiger partial charge in [0.25, 0.3) is 0 Å². The van der Waals surface area contributed by atoms with Crippen molar-refractivity contribution in [3.8, 4) is 6.07 Å². The van der Waals surface area contributed by atoms with E-state index >= 15 is 0 Å². The molecule has 0 saturated heterocycles. The monoisotopic (exact) mass is 274 g/mol. The molecule has 0 spiro atoms. The van der Waals surface area contributed by atoms with Crippen molar-refractivity contribution < 1.29 is 4.39 Å². The molecule has 3 heteroatoms. The summed E-state index contributed by atoms with van der Waals surface area (Å²) in [4.78, 5) is 0. The molecule has 1 saturated carbocycles. The van der Waals surface area contributed by atoms with E-state index < -0.39 is 5.54 Å². The third-order valence-electron chi connectivity index (χ3n) is 4.33. The summed E-state index contributed by atoms with van der Waals surface area (Å²) in [5.74, 6) is -0.255. The Labute approximate surface area is 121 Å². The average Bonchev–Trinajstić information content (AvgIpc) is 2.48. The van der Waals surface area contributed by atoms with Crippen LogP contribution in [0.25, 0.3) is 0 Å². The molecule has 1 aliphatic rings. The van der Waals surface area contributed by atoms with Crippen molar-refractivity contribution in [1.29, 1.82) is 5.26 Å². The number of hydrogen-bond donors (Lipinski definition) is 1. The number of hydrogen-bond acceptors (Lipinski definition) is 2. The lowest BCUT2D eigenvalue weighted by Crippen LogP contribution is -2.36. The van der Waals surface area contributed by atoms with Crippen LogP contribution in [0.3, 0.4) is 0 Å². The maximum absolute atomic E-state index is 13.5. The first-order chi connectivity index (χ1) is 9.34. The zero-order valence-corrected chi connectivity index (χ0v) is 12.6. The molecule has 1 atom stereocenters. The van der Waals surface area contributed by atoms with Gasteiger partial charge in [0.1, 0.15) is 11.4 Å². The highest BCUT2D eigenvalue weighted by atomic mass is 19.1. The Kier molecular flexibility index (Phi) is 4.04. The van der Waals surface area contributed by atoms with Gasteiger partial charge in [-0.3, -0.25) is 0 Å². The van der Waals surface area contributed by atoms with E-state index in [1.807, 2.05) is 13.0 Å². The Balaban J connectivity index is 2.21. The van der Waals surface area contributed by atoms with Gasteiger partial charge in [0.15, 0.2) is 0 Å². The summed E-state index contributed by atoms with van der Waals surface area (Å²) in [6.07, 6.45) is 4.82. The number of benzene rings is 1. The number of aryl methyl sites for hydroxylation is 1. The second-order valence-electron chi connectivity index (χ2n) is 6.85. The number of nitrogens with zero attached hydrogens (tertiary/aromatic N) is 1. The molecular formula is C17H23FN2. The summed E-state index contributed by atoms with van der Waals surface area (Å²) in [7, 11) is 0. The van der Waals surface area contributed by atoms with Gasteiger partial charge in [-0.25, -0.2) is 4.39 Å². The minimum atomic E-state index is -0.562. The van der Waals surface area contributed by atoms with Crippen LogP contribution in [0, 0.1) is 29.5 Å². The van der Waals surface area contributed by atoms with E-state index in [1.165, 1.54) is 12.1 Å². The Morgan fingerprint density at radius 3 is 2.55 bits per heavy atom. The highest BCUT2D eigenvalue weighted by Crippen LogP contribution is 2.39. The first-order valence-corrected chi connectivity index (χ1v) is 7.31. The summed E-state index contributed by atoms with van der Waals surface area (Å²) < 4.78 is 13.5. The van der Waals surface area contributed by atoms with Crippen molar-refractivity contribution in [2.45, 2.75) is 58.4 Å². The molecule has 108 valence electrons. The Hall–Kier alpha value is -1.56. The highest BCUT2D eigenvalue weighted by Gasteiger charge is 2.35. The molecule has 0 aliphatic heterocycles. The molecule has 0 amide bonds. The number of nitriles is 1. The van der Waals surface area contributed by atoms with Crippen LogP contribution in [0.2, 0.25) is 0 Å². The lowest BCUT2D eigenvalue weighted by Gasteiger charge is -2.29. The van der Waals surface area contributed by atoms with Crippen molar-refractivity contribution in [1.82, 2.24) is 0 Å². The lowest BCUT2D eigenvalue weighted by atomic mass is 9.84. The van der Waals surface area contributed by atoms with Gasteiger partial charge in [-0.15, -0.1) is 0 Å². The molecule has 20 heavy (non-hydrogen) atoms. The molecule has 1 aromatic rings. The van der Waals surface area contributed by atoms with Gasteiger partial charge in [-0.05, 0) is 68.2 Å². The molecule has 1 fully saturated rings. The van der Waals surface area contributed by atoms with Crippen molar-refractivity contribution in [3.05, 3.63) is 29.6 Å². The zero-order valence-electron chi connectivity index (χ0n) is 12.6. The number of nitrogens with one attached hydrogen (secondary N) is 1. The van der Waals surface area contributed by atoms with Gasteiger partial charge in [0, 0.05) is 5.69 Å². The van der Waals surface area contributed by atoms with Crippen molar-refractivity contribution in [2.75, 3.05) is 5.32 Å². The minimum absolute atomic E-state index is 0.255. The van der Waals surface area contributed by atoms with E-state index in [9.17, 15) is 9.65 Å². The van der Waals surface area contributed by atoms with Crippen molar-refractivity contribution in [3.63, 3.8) is 0 Å². The summed E-state index contributed by atoms with van der Waals surface area (Å²) in [6, 6.07) is 7.32. The quantitative estimate of drug-likeness (QED) is 0.786. The summed E-state index contributed by atoms with van der Waals surface area (Å²) in [5, 5.41) is 12.9. The van der Waals surface area contributed by atoms with Crippen LogP contribution in [0.1, 0.15) is 51.5 Å². The lowest BCUT2D eigenvalue weighted by molar-refractivity contribution is 0.310. The smallest absolute Gasteiger partial charge is 0.125 e. The van der Waals surface area contributed by atoms with Crippen molar-refractivity contribution in [2.24, 2.45) is 5.41 Å². The molecule has 0 heterocycles. The second-order valence-corrected chi connectivity index (χ2v) is 6.85. The minimum Gasteiger partial charge on any atom is -0.367 e. The van der Waals surface area contributed by atoms with E-state index in [0.29, 0.717) is 5.69 Å². The van der Waals surface area contributed by atoms with Gasteiger partial charge in [0.2, 0.25) is 0 Å². The van der Waals surface area contributed by atoms with Crippen LogP contribution in [0.4, 0.5) is 10.1 Å². The topological polar surface area (TPSA) is 35.8 Å². The third kappa shape index (κ3) is 3.50. The Bertz CT molecular complexity index is 510. The SMILES string of the molecule is Cc1cc(F)cc(NC2(C#N)CCCC(C)(C)CC2)c1. The van der Waals surface area contributed by atoms with E-state index in [0.717, 1.165) is 37.7 Å². The first-order valence-electron chi connectivity index (χ1n) is 7.31. The Morgan fingerprint density at radius 1 is 1.15 bits per heavy atom. The maximum Gasteiger partial charge on any atom is 0.125 e. The second kappa shape index (κ2) is 5.44. The molecule has 0 bridgehead atoms. The number of anilines is 1. The van der Waals surface area contributed by atoms with Gasteiger partial charge in [-0.1, -0.05) is 13.8 Å². The number of halogens is 1. The zero-order chi connectivity index (χ0) is 14.8. The number of rotatable bonds is 2. The third-order valence-corrected chi connectivity index (χ3v) is 4.33. The molecule has 1 aliphatic carbocycles. The van der Waals surface area contributed by atoms with E-state index in [-0.39, 0.29) is 11.2 Å². The molecule has 2 nitrogen and oxygen atoms in total. The molecule has 1 unspecified atom stereocenters. The molecule has 1 N–H and O–H groups in total. The predicted octanol–water partition coefficient (Wildman–Crippen LogP) is 4.80. The fourth-order valence-corrected chi connectivity index (χ4v) is 3.02. The van der Waals surface area contributed by atoms with E-state index in [1.54, 1.807) is 0 Å². The summed E-state index contributed by atoms with van der Waals surface area (Å²) >= 11 is 0. The van der Waals surface area contributed by atoms with Crippen LogP contribution in [0.5, 0.6) is 0 Å². The van der Waals surface area contributed by atoms with Crippen LogP contribution in [-0.4, -0.2) is 5.54 Å². The van der Waals surface area contributed by atoms with Gasteiger partial charge in [-0.2, -0.15) is 5.26 Å². The van der Waals surface area contributed by atoms with Crippen LogP contribution in [0.15, 0.2) is 18.2 Å². The molecule has 0 aromatic heterocycles. The van der Waals surface area contributed by atoms with E-state index in [4.69, 9.17) is 0 Å². The molecular weight excluding hydrogens is 251 g/mol. The average molecular weight is 274 g/mol. The predicted molar refractivity (Wildman–Crippen MR) is 80.0 cm³/mol. The Morgan fingerprint density at radius 2 is 1.90 bits per heavy atom. The van der Waals surface area contributed by atoms with Crippen LogP contribution < -0.4 is 5.32 Å².